The summed E-state index contributed by atoms with van der Waals surface area (Å²) in [7, 11) is -2.88. The van der Waals surface area contributed by atoms with Crippen LogP contribution in [0.5, 0.6) is 63.2 Å². The summed E-state index contributed by atoms with van der Waals surface area (Å²) in [5.74, 6) is 2.61. The second kappa shape index (κ2) is 21.4. The number of para-hydroxylation sites is 2. The maximum Gasteiger partial charge on any atom is 0.530 e. The van der Waals surface area contributed by atoms with Gasteiger partial charge in [-0.3, -0.25) is 4.79 Å². The first-order chi connectivity index (χ1) is 31.9. The minimum atomic E-state index is -4.03. The quantitative estimate of drug-likeness (QED) is 0.0572. The monoisotopic (exact) mass is 948 g/mol. The molecule has 0 aliphatic heterocycles. The summed E-state index contributed by atoms with van der Waals surface area (Å²) in [6, 6.07) is 42.7. The molecule has 16 heteroatoms. The zero-order chi connectivity index (χ0) is 46.8. The maximum absolute atomic E-state index is 16.6. The third kappa shape index (κ3) is 10.8. The summed E-state index contributed by atoms with van der Waals surface area (Å²) in [6.45, 7) is 5.18. The number of aryl methyl sites for hydroxylation is 2. The molecule has 0 amide bonds. The van der Waals surface area contributed by atoms with Crippen molar-refractivity contribution >= 4 is 46.0 Å². The second-order valence-electron chi connectivity index (χ2n) is 14.4. The van der Waals surface area contributed by atoms with Gasteiger partial charge >= 0.3 is 17.2 Å². The smallest absolute Gasteiger partial charge is 0.504 e. The van der Waals surface area contributed by atoms with Gasteiger partial charge in [-0.2, -0.15) is 0 Å². The number of hydrogen-bond acceptors (Lipinski definition) is 13. The number of ether oxygens (including phenoxy) is 4. The third-order valence-corrected chi connectivity index (χ3v) is 15.3. The van der Waals surface area contributed by atoms with Crippen molar-refractivity contribution in [1.82, 2.24) is 0 Å². The van der Waals surface area contributed by atoms with Gasteiger partial charge in [-0.25, -0.2) is 0 Å². The first-order valence-electron chi connectivity index (χ1n) is 20.3. The molecular weight excluding hydrogens is 901 g/mol. The number of phenolic OH excluding ortho intramolecular Hbond substituents is 1. The molecule has 13 nitrogen and oxygen atoms in total. The Kier molecular flexibility index (Phi) is 15.3. The molecule has 0 spiro atoms. The first-order valence-corrected chi connectivity index (χ1v) is 24.2. The first kappa shape index (κ1) is 47.1. The fraction of sp³-hybridized carbons (Fsp3) is 0.140. The summed E-state index contributed by atoms with van der Waals surface area (Å²) in [4.78, 5) is 12.9. The summed E-state index contributed by atoms with van der Waals surface area (Å²) in [5, 5.41) is 11.9. The third-order valence-electron chi connectivity index (χ3n) is 10.1. The number of aromatic hydroxyl groups is 1. The Hall–Kier alpha value is -6.90. The number of ketones is 1. The van der Waals surface area contributed by atoms with Crippen molar-refractivity contribution in [3.63, 3.8) is 0 Å². The van der Waals surface area contributed by atoms with Gasteiger partial charge in [0.2, 0.25) is 0 Å². The second-order valence-corrected chi connectivity index (χ2v) is 19.1. The highest BCUT2D eigenvalue weighted by Crippen LogP contribution is 2.53. The van der Waals surface area contributed by atoms with Gasteiger partial charge in [0.1, 0.15) is 51.7 Å². The van der Waals surface area contributed by atoms with E-state index in [-0.39, 0.29) is 45.4 Å². The summed E-state index contributed by atoms with van der Waals surface area (Å²) in [5.41, 5.74) is 1.80. The molecule has 7 aromatic rings. The van der Waals surface area contributed by atoms with E-state index in [2.05, 4.69) is 0 Å². The fourth-order valence-corrected chi connectivity index (χ4v) is 11.7. The van der Waals surface area contributed by atoms with Crippen LogP contribution in [0.1, 0.15) is 28.4 Å². The molecule has 0 radical (unpaired) electrons. The lowest BCUT2D eigenvalue weighted by Crippen LogP contribution is -2.27. The van der Waals surface area contributed by atoms with Crippen molar-refractivity contribution in [3.05, 3.63) is 168 Å². The van der Waals surface area contributed by atoms with E-state index in [4.69, 9.17) is 46.1 Å². The maximum atomic E-state index is 16.6. The number of phenols is 1. The van der Waals surface area contributed by atoms with E-state index >= 15 is 4.57 Å². The lowest BCUT2D eigenvalue weighted by Gasteiger charge is -2.27. The highest BCUT2D eigenvalue weighted by molar-refractivity contribution is 7.85. The van der Waals surface area contributed by atoms with Gasteiger partial charge in [0.05, 0.1) is 44.6 Å². The van der Waals surface area contributed by atoms with Crippen LogP contribution < -0.4 is 62.0 Å². The highest BCUT2D eigenvalue weighted by Gasteiger charge is 2.38. The van der Waals surface area contributed by atoms with Crippen LogP contribution in [-0.2, 0) is 4.57 Å². The Bertz CT molecular complexity index is 2800. The van der Waals surface area contributed by atoms with Crippen molar-refractivity contribution < 1.29 is 60.6 Å². The molecule has 2 atom stereocenters. The normalized spacial score (nSPS) is 12.2. The molecular formula is C50H47O13P3. The van der Waals surface area contributed by atoms with Crippen molar-refractivity contribution in [2.75, 3.05) is 28.4 Å². The molecule has 0 aromatic heterocycles. The number of hydrogen-bond donors (Lipinski definition) is 1. The van der Waals surface area contributed by atoms with Gasteiger partial charge in [-0.05, 0) is 92.6 Å². The molecule has 2 unspecified atom stereocenters. The van der Waals surface area contributed by atoms with Crippen LogP contribution in [0.4, 0.5) is 0 Å². The van der Waals surface area contributed by atoms with Crippen molar-refractivity contribution in [2.45, 2.75) is 20.8 Å². The average Bonchev–Trinajstić information content (AvgIpc) is 3.33. The van der Waals surface area contributed by atoms with E-state index in [1.165, 1.54) is 39.3 Å². The lowest BCUT2D eigenvalue weighted by atomic mass is 10.1. The predicted octanol–water partition coefficient (Wildman–Crippen LogP) is 11.4. The van der Waals surface area contributed by atoms with Crippen LogP contribution in [0.3, 0.4) is 0 Å². The van der Waals surface area contributed by atoms with Gasteiger partial charge in [0, 0.05) is 29.6 Å². The van der Waals surface area contributed by atoms with E-state index in [0.29, 0.717) is 45.1 Å². The van der Waals surface area contributed by atoms with Crippen LogP contribution in [0.25, 0.3) is 0 Å². The van der Waals surface area contributed by atoms with Crippen molar-refractivity contribution in [3.8, 4) is 63.2 Å². The molecule has 340 valence electrons. The Morgan fingerprint density at radius 2 is 0.833 bits per heavy atom. The zero-order valence-corrected chi connectivity index (χ0v) is 39.8. The predicted molar refractivity (Wildman–Crippen MR) is 257 cm³/mol. The van der Waals surface area contributed by atoms with Crippen molar-refractivity contribution in [1.29, 1.82) is 0 Å². The van der Waals surface area contributed by atoms with Gasteiger partial charge in [-0.1, -0.05) is 66.7 Å². The molecule has 0 aliphatic rings. The standard InChI is InChI=1S/C50H47O13P3/c1-33-21-23-36(54-4)29-45(33)60-64(61-46-30-37(55-5)24-22-34(46)2)58-43-17-11-13-19-49(43)66(53,40-15-9-8-10-16-40)50-20-14-12-18-44(50)59-65(63-48-32-39(57-7)26-28-42(48)52)62-47-31-38(56-6)25-27-41(47)35(3)51/h8-32,52H,1-7H3. The van der Waals surface area contributed by atoms with Gasteiger partial charge < -0.3 is 55.8 Å². The molecule has 0 saturated carbocycles. The topological polar surface area (TPSA) is 147 Å². The number of benzene rings is 7. The molecule has 0 fully saturated rings. The number of rotatable bonds is 20. The summed E-state index contributed by atoms with van der Waals surface area (Å²) < 4.78 is 77.8. The van der Waals surface area contributed by atoms with Gasteiger partial charge in [0.25, 0.3) is 0 Å². The molecule has 0 bridgehead atoms. The van der Waals surface area contributed by atoms with E-state index < -0.39 is 24.3 Å². The summed E-state index contributed by atoms with van der Waals surface area (Å²) in [6.07, 6.45) is 0. The molecule has 66 heavy (non-hydrogen) atoms. The number of methoxy groups -OCH3 is 4. The fourth-order valence-electron chi connectivity index (χ4n) is 6.53. The molecule has 0 aliphatic carbocycles. The van der Waals surface area contributed by atoms with Crippen LogP contribution >= 0.6 is 24.3 Å². The highest BCUT2D eigenvalue weighted by atomic mass is 31.2. The Balaban J connectivity index is 1.36. The lowest BCUT2D eigenvalue weighted by molar-refractivity contribution is 0.101. The van der Waals surface area contributed by atoms with Crippen LogP contribution in [0.2, 0.25) is 0 Å². The molecule has 0 heterocycles. The van der Waals surface area contributed by atoms with E-state index in [0.717, 1.165) is 11.1 Å². The van der Waals surface area contributed by atoms with Gasteiger partial charge in [-0.15, -0.1) is 0 Å². The summed E-state index contributed by atoms with van der Waals surface area (Å²) >= 11 is 0. The molecule has 7 rings (SSSR count). The number of Topliss-reactive ketones (excluding diaryl/α,β-unsaturated/α-hetero) is 1. The van der Waals surface area contributed by atoms with Crippen LogP contribution in [0.15, 0.2) is 152 Å². The van der Waals surface area contributed by atoms with Crippen LogP contribution in [-0.4, -0.2) is 39.3 Å². The number of carbonyl (C=O) groups is 1. The Morgan fingerprint density at radius 3 is 1.32 bits per heavy atom. The molecule has 1 N–H and O–H groups in total. The zero-order valence-electron chi connectivity index (χ0n) is 37.1. The van der Waals surface area contributed by atoms with E-state index in [1.807, 2.05) is 44.2 Å². The molecule has 7 aromatic carbocycles. The minimum absolute atomic E-state index is 0.0406. The Morgan fingerprint density at radius 1 is 0.455 bits per heavy atom. The van der Waals surface area contributed by atoms with Gasteiger partial charge in [0.15, 0.2) is 24.4 Å². The van der Waals surface area contributed by atoms with Crippen LogP contribution in [0, 0.1) is 13.8 Å². The minimum Gasteiger partial charge on any atom is -0.504 e. The SMILES string of the molecule is COc1ccc(C)c(OP(Oc2cc(OC)ccc2C)Oc2ccccc2P(=O)(c2ccccc2)c2ccccc2OP(Oc2cc(OC)ccc2O)Oc2cc(OC)ccc2C(C)=O)c1. The van der Waals surface area contributed by atoms with Crippen molar-refractivity contribution in [2.24, 2.45) is 0 Å². The Labute approximate surface area is 386 Å². The largest absolute Gasteiger partial charge is 0.530 e. The molecule has 0 saturated heterocycles. The average molecular weight is 949 g/mol. The van der Waals surface area contributed by atoms with E-state index in [9.17, 15) is 9.90 Å². The van der Waals surface area contributed by atoms with E-state index in [1.54, 1.807) is 117 Å². The number of carbonyl (C=O) groups excluding carboxylic acids is 1.